The molecule has 0 saturated carbocycles. The van der Waals surface area contributed by atoms with Crippen LogP contribution in [0.4, 0.5) is 8.78 Å². The van der Waals surface area contributed by atoms with Gasteiger partial charge in [-0.2, -0.15) is 0 Å². The maximum absolute atomic E-state index is 13.6. The third-order valence-electron chi connectivity index (χ3n) is 2.94. The second-order valence-corrected chi connectivity index (χ2v) is 3.92. The zero-order valence-corrected chi connectivity index (χ0v) is 7.98. The van der Waals surface area contributed by atoms with Crippen LogP contribution in [0.25, 0.3) is 0 Å². The Kier molecular flexibility index (Phi) is 3.24. The van der Waals surface area contributed by atoms with Crippen LogP contribution in [0.1, 0.15) is 26.2 Å². The van der Waals surface area contributed by atoms with E-state index in [1.54, 1.807) is 6.92 Å². The predicted octanol–water partition coefficient (Wildman–Crippen LogP) is 1.79. The molecule has 0 atom stereocenters. The molecule has 2 nitrogen and oxygen atoms in total. The van der Waals surface area contributed by atoms with Crippen molar-refractivity contribution in [1.29, 1.82) is 0 Å². The minimum Gasteiger partial charge on any atom is -0.381 e. The van der Waals surface area contributed by atoms with Gasteiger partial charge in [0.1, 0.15) is 0 Å². The molecule has 0 aromatic rings. The summed E-state index contributed by atoms with van der Waals surface area (Å²) in [6, 6.07) is 0. The van der Waals surface area contributed by atoms with E-state index in [-0.39, 0.29) is 13.0 Å². The molecule has 0 radical (unpaired) electrons. The number of rotatable bonds is 3. The van der Waals surface area contributed by atoms with Crippen molar-refractivity contribution in [2.24, 2.45) is 11.1 Å². The quantitative estimate of drug-likeness (QED) is 0.741. The molecule has 1 heterocycles. The van der Waals surface area contributed by atoms with Gasteiger partial charge in [0.25, 0.3) is 5.92 Å². The summed E-state index contributed by atoms with van der Waals surface area (Å²) in [6.07, 6.45) is 0.642. The zero-order chi connectivity index (χ0) is 9.95. The second-order valence-electron chi connectivity index (χ2n) is 3.92. The smallest absolute Gasteiger partial charge is 0.254 e. The molecule has 0 aromatic heterocycles. The molecule has 0 amide bonds. The molecular formula is C9H17F2NO. The zero-order valence-electron chi connectivity index (χ0n) is 7.98. The summed E-state index contributed by atoms with van der Waals surface area (Å²) in [4.78, 5) is 0. The maximum atomic E-state index is 13.6. The summed E-state index contributed by atoms with van der Waals surface area (Å²) < 4.78 is 32.2. The molecule has 78 valence electrons. The number of alkyl halides is 2. The molecule has 0 spiro atoms. The average Bonchev–Trinajstić information content (AvgIpc) is 2.05. The van der Waals surface area contributed by atoms with Gasteiger partial charge in [-0.3, -0.25) is 0 Å². The van der Waals surface area contributed by atoms with Crippen LogP contribution in [-0.4, -0.2) is 25.7 Å². The summed E-state index contributed by atoms with van der Waals surface area (Å²) >= 11 is 0. The number of halogens is 2. The number of hydrogen-bond donors (Lipinski definition) is 1. The molecule has 0 aliphatic carbocycles. The van der Waals surface area contributed by atoms with E-state index >= 15 is 0 Å². The van der Waals surface area contributed by atoms with Gasteiger partial charge in [0.15, 0.2) is 0 Å². The topological polar surface area (TPSA) is 35.2 Å². The Morgan fingerprint density at radius 2 is 1.92 bits per heavy atom. The Labute approximate surface area is 77.4 Å². The molecule has 13 heavy (non-hydrogen) atoms. The molecule has 0 aromatic carbocycles. The van der Waals surface area contributed by atoms with E-state index in [4.69, 9.17) is 10.5 Å². The van der Waals surface area contributed by atoms with E-state index < -0.39 is 11.3 Å². The summed E-state index contributed by atoms with van der Waals surface area (Å²) in [5.74, 6) is -2.65. The fraction of sp³-hybridized carbons (Fsp3) is 1.00. The van der Waals surface area contributed by atoms with E-state index in [1.807, 2.05) is 0 Å². The first-order chi connectivity index (χ1) is 6.02. The van der Waals surface area contributed by atoms with Crippen LogP contribution in [0.3, 0.4) is 0 Å². The summed E-state index contributed by atoms with van der Waals surface area (Å²) in [7, 11) is 0. The Morgan fingerprint density at radius 1 is 1.38 bits per heavy atom. The Balaban J connectivity index is 2.64. The standard InChI is InChI=1S/C9H17F2NO/c1-8(3-6-13-7-4-8)9(10,11)2-5-12/h2-7,12H2,1H3. The fourth-order valence-corrected chi connectivity index (χ4v) is 1.67. The van der Waals surface area contributed by atoms with Gasteiger partial charge in [-0.25, -0.2) is 8.78 Å². The van der Waals surface area contributed by atoms with Crippen LogP contribution in [0.2, 0.25) is 0 Å². The van der Waals surface area contributed by atoms with E-state index in [0.717, 1.165) is 0 Å². The molecule has 1 saturated heterocycles. The predicted molar refractivity (Wildman–Crippen MR) is 46.8 cm³/mol. The Bertz CT molecular complexity index is 167. The van der Waals surface area contributed by atoms with Gasteiger partial charge in [0, 0.05) is 25.0 Å². The Morgan fingerprint density at radius 3 is 2.38 bits per heavy atom. The van der Waals surface area contributed by atoms with Crippen molar-refractivity contribution < 1.29 is 13.5 Å². The van der Waals surface area contributed by atoms with E-state index in [0.29, 0.717) is 26.1 Å². The molecule has 1 rings (SSSR count). The summed E-state index contributed by atoms with van der Waals surface area (Å²) in [5, 5.41) is 0. The lowest BCUT2D eigenvalue weighted by Gasteiger charge is -2.40. The third kappa shape index (κ3) is 2.17. The van der Waals surface area contributed by atoms with Crippen molar-refractivity contribution in [1.82, 2.24) is 0 Å². The third-order valence-corrected chi connectivity index (χ3v) is 2.94. The highest BCUT2D eigenvalue weighted by Crippen LogP contribution is 2.45. The number of hydrogen-bond acceptors (Lipinski definition) is 2. The molecule has 0 unspecified atom stereocenters. The van der Waals surface area contributed by atoms with Crippen LogP contribution < -0.4 is 5.73 Å². The largest absolute Gasteiger partial charge is 0.381 e. The van der Waals surface area contributed by atoms with Crippen molar-refractivity contribution in [3.8, 4) is 0 Å². The average molecular weight is 193 g/mol. The highest BCUT2D eigenvalue weighted by atomic mass is 19.3. The molecular weight excluding hydrogens is 176 g/mol. The number of ether oxygens (including phenoxy) is 1. The highest BCUT2D eigenvalue weighted by Gasteiger charge is 2.49. The normalized spacial score (nSPS) is 23.1. The monoisotopic (exact) mass is 193 g/mol. The molecule has 2 N–H and O–H groups in total. The van der Waals surface area contributed by atoms with Gasteiger partial charge in [0.05, 0.1) is 0 Å². The van der Waals surface area contributed by atoms with Gasteiger partial charge in [-0.15, -0.1) is 0 Å². The van der Waals surface area contributed by atoms with E-state index in [2.05, 4.69) is 0 Å². The molecule has 1 aliphatic heterocycles. The van der Waals surface area contributed by atoms with Crippen molar-refractivity contribution >= 4 is 0 Å². The Hall–Kier alpha value is -0.220. The van der Waals surface area contributed by atoms with Gasteiger partial charge in [0.2, 0.25) is 0 Å². The van der Waals surface area contributed by atoms with Crippen LogP contribution in [-0.2, 0) is 4.74 Å². The fourth-order valence-electron chi connectivity index (χ4n) is 1.67. The first kappa shape index (κ1) is 10.9. The van der Waals surface area contributed by atoms with E-state index in [1.165, 1.54) is 0 Å². The number of nitrogens with two attached hydrogens (primary N) is 1. The van der Waals surface area contributed by atoms with Crippen LogP contribution in [0, 0.1) is 5.41 Å². The minimum atomic E-state index is -2.65. The lowest BCUT2D eigenvalue weighted by atomic mass is 9.75. The first-order valence-electron chi connectivity index (χ1n) is 4.67. The molecule has 4 heteroatoms. The van der Waals surface area contributed by atoms with Gasteiger partial charge >= 0.3 is 0 Å². The maximum Gasteiger partial charge on any atom is 0.254 e. The molecule has 1 aliphatic rings. The van der Waals surface area contributed by atoms with Gasteiger partial charge in [-0.05, 0) is 19.4 Å². The lowest BCUT2D eigenvalue weighted by molar-refractivity contribution is -0.156. The van der Waals surface area contributed by atoms with Crippen LogP contribution in [0.15, 0.2) is 0 Å². The lowest BCUT2D eigenvalue weighted by Crippen LogP contribution is -2.44. The summed E-state index contributed by atoms with van der Waals surface area (Å²) in [5.41, 5.74) is 4.26. The van der Waals surface area contributed by atoms with Crippen molar-refractivity contribution in [2.45, 2.75) is 32.1 Å². The molecule has 1 fully saturated rings. The van der Waals surface area contributed by atoms with Crippen molar-refractivity contribution in [2.75, 3.05) is 19.8 Å². The minimum absolute atomic E-state index is 0.0451. The van der Waals surface area contributed by atoms with Crippen molar-refractivity contribution in [3.63, 3.8) is 0 Å². The SMILES string of the molecule is CC1(C(F)(F)CCN)CCOCC1. The van der Waals surface area contributed by atoms with Gasteiger partial charge in [-0.1, -0.05) is 6.92 Å². The first-order valence-corrected chi connectivity index (χ1v) is 4.67. The van der Waals surface area contributed by atoms with Crippen LogP contribution >= 0.6 is 0 Å². The second kappa shape index (κ2) is 3.88. The van der Waals surface area contributed by atoms with Crippen LogP contribution in [0.5, 0.6) is 0 Å². The molecule has 0 bridgehead atoms. The van der Waals surface area contributed by atoms with Gasteiger partial charge < -0.3 is 10.5 Å². The highest BCUT2D eigenvalue weighted by molar-refractivity contribution is 4.90. The summed E-state index contributed by atoms with van der Waals surface area (Å²) in [6.45, 7) is 2.56. The van der Waals surface area contributed by atoms with E-state index in [9.17, 15) is 8.78 Å². The van der Waals surface area contributed by atoms with Crippen molar-refractivity contribution in [3.05, 3.63) is 0 Å².